The Morgan fingerprint density at radius 2 is 2.05 bits per heavy atom. The summed E-state index contributed by atoms with van der Waals surface area (Å²) in [6.07, 6.45) is 3.27. The predicted molar refractivity (Wildman–Crippen MR) is 152 cm³/mol. The molecular formula is C24H36N10O7S2. The summed E-state index contributed by atoms with van der Waals surface area (Å²) in [7, 11) is -3.43. The lowest BCUT2D eigenvalue weighted by atomic mass is 9.78. The van der Waals surface area contributed by atoms with Crippen LogP contribution in [0.25, 0.3) is 0 Å². The maximum Gasteiger partial charge on any atom is 0.353 e. The molecular weight excluding hydrogens is 604 g/mol. The van der Waals surface area contributed by atoms with Crippen LogP contribution in [0.2, 0.25) is 0 Å². The lowest BCUT2D eigenvalue weighted by molar-refractivity contribution is -0.158. The zero-order valence-corrected chi connectivity index (χ0v) is 25.5. The summed E-state index contributed by atoms with van der Waals surface area (Å²) in [6.45, 7) is 4.33. The van der Waals surface area contributed by atoms with Gasteiger partial charge in [-0.3, -0.25) is 14.4 Å². The van der Waals surface area contributed by atoms with Crippen molar-refractivity contribution >= 4 is 45.5 Å². The Labute approximate surface area is 252 Å². The van der Waals surface area contributed by atoms with Gasteiger partial charge >= 0.3 is 5.97 Å². The van der Waals surface area contributed by atoms with E-state index in [2.05, 4.69) is 30.9 Å². The summed E-state index contributed by atoms with van der Waals surface area (Å²) in [6, 6.07) is -2.12. The van der Waals surface area contributed by atoms with Crippen molar-refractivity contribution in [3.63, 3.8) is 0 Å². The second-order valence-corrected chi connectivity index (χ2v) is 14.8. The number of aromatic nitrogens is 4. The summed E-state index contributed by atoms with van der Waals surface area (Å²) in [5.41, 5.74) is 6.04. The van der Waals surface area contributed by atoms with Crippen molar-refractivity contribution in [3.05, 3.63) is 16.9 Å². The number of nitrogens with zero attached hydrogens (tertiary/aromatic N) is 6. The van der Waals surface area contributed by atoms with E-state index in [9.17, 15) is 32.7 Å². The van der Waals surface area contributed by atoms with E-state index >= 15 is 0 Å². The van der Waals surface area contributed by atoms with Crippen molar-refractivity contribution < 1.29 is 32.7 Å². The second-order valence-electron chi connectivity index (χ2n) is 11.6. The first kappa shape index (κ1) is 31.3. The Kier molecular flexibility index (Phi) is 8.81. The maximum absolute atomic E-state index is 13.4. The third-order valence-corrected chi connectivity index (χ3v) is 10.6. The number of tetrazole rings is 1. The molecule has 8 atom stereocenters. The Morgan fingerprint density at radius 1 is 1.30 bits per heavy atom. The molecule has 0 saturated carbocycles. The van der Waals surface area contributed by atoms with E-state index < -0.39 is 40.0 Å². The number of nitrogens with two attached hydrogens (primary N) is 1. The molecule has 3 fully saturated rings. The van der Waals surface area contributed by atoms with Gasteiger partial charge in [0.05, 0.1) is 24.3 Å². The number of hydrogen-bond acceptors (Lipinski definition) is 12. The van der Waals surface area contributed by atoms with Gasteiger partial charge in [0, 0.05) is 53.8 Å². The van der Waals surface area contributed by atoms with Gasteiger partial charge < -0.3 is 31.3 Å². The molecule has 0 spiro atoms. The Balaban J connectivity index is 1.22. The van der Waals surface area contributed by atoms with Gasteiger partial charge in [0.2, 0.25) is 27.7 Å². The zero-order valence-electron chi connectivity index (χ0n) is 23.9. The fourth-order valence-corrected chi connectivity index (χ4v) is 8.48. The molecule has 6 N–H and O–H groups in total. The van der Waals surface area contributed by atoms with Gasteiger partial charge in [-0.2, -0.15) is 0 Å². The normalized spacial score (nSPS) is 31.3. The van der Waals surface area contributed by atoms with Crippen molar-refractivity contribution in [2.75, 3.05) is 25.9 Å². The van der Waals surface area contributed by atoms with Gasteiger partial charge in [-0.15, -0.1) is 16.9 Å². The number of carboxylic acid groups (broad SMARTS) is 1. The molecule has 0 bridgehead atoms. The highest BCUT2D eigenvalue weighted by molar-refractivity contribution is 8.03. The van der Waals surface area contributed by atoms with Crippen LogP contribution >= 0.6 is 11.8 Å². The van der Waals surface area contributed by atoms with Crippen molar-refractivity contribution in [2.24, 2.45) is 17.6 Å². The fraction of sp³-hybridized carbons (Fsp3) is 0.708. The van der Waals surface area contributed by atoms with E-state index in [1.807, 2.05) is 6.92 Å². The number of amides is 3. The first-order valence-electron chi connectivity index (χ1n) is 14.0. The smallest absolute Gasteiger partial charge is 0.353 e. The topological polar surface area (TPSA) is 235 Å². The Morgan fingerprint density at radius 3 is 2.70 bits per heavy atom. The standard InChI is InChI=1S/C24H36N10O7S2/c1-11-19-18(12(2)29-17(35)9-32-10-27-30-31-32)23(37)34(19)20(24(38)39)21(11)42-15-5-16(26-7-15)22(36)33-8-13(25)4-14(33)6-28-43(3,40)41/h10-16,18-19,26,28H,4-9,25H2,1-3H3,(H,29,35)(H,38,39)/t11-,12-,13+,14+,15+,16+,18-,19-/m1/s1. The lowest BCUT2D eigenvalue weighted by Gasteiger charge is -2.47. The quantitative estimate of drug-likeness (QED) is 0.151. The van der Waals surface area contributed by atoms with Crippen LogP contribution in [-0.4, -0.2) is 129 Å². The summed E-state index contributed by atoms with van der Waals surface area (Å²) < 4.78 is 26.9. The molecule has 3 amide bonds. The van der Waals surface area contributed by atoms with Gasteiger partial charge in [-0.1, -0.05) is 6.92 Å². The van der Waals surface area contributed by atoms with Crippen molar-refractivity contribution in [3.8, 4) is 0 Å². The van der Waals surface area contributed by atoms with Crippen LogP contribution in [0.3, 0.4) is 0 Å². The van der Waals surface area contributed by atoms with Crippen molar-refractivity contribution in [1.29, 1.82) is 0 Å². The molecule has 5 heterocycles. The van der Waals surface area contributed by atoms with Crippen LogP contribution in [0.15, 0.2) is 16.9 Å². The molecule has 3 saturated heterocycles. The Bertz CT molecular complexity index is 1420. The molecule has 1 aromatic rings. The van der Waals surface area contributed by atoms with Crippen LogP contribution in [0.5, 0.6) is 0 Å². The van der Waals surface area contributed by atoms with E-state index in [4.69, 9.17) is 5.73 Å². The zero-order chi connectivity index (χ0) is 31.2. The number of β-lactam (4-membered cyclic amide) rings is 1. The number of rotatable bonds is 11. The van der Waals surface area contributed by atoms with Gasteiger partial charge in [0.1, 0.15) is 18.6 Å². The number of fused-ring (bicyclic) bond motifs is 1. The number of nitrogens with one attached hydrogen (secondary N) is 3. The molecule has 43 heavy (non-hydrogen) atoms. The summed E-state index contributed by atoms with van der Waals surface area (Å²) in [5.74, 6) is -3.02. The highest BCUT2D eigenvalue weighted by Gasteiger charge is 2.60. The molecule has 0 aliphatic carbocycles. The minimum atomic E-state index is -3.43. The van der Waals surface area contributed by atoms with Gasteiger partial charge in [0.15, 0.2) is 0 Å². The molecule has 1 aromatic heterocycles. The van der Waals surface area contributed by atoms with Crippen molar-refractivity contribution in [2.45, 2.75) is 68.7 Å². The number of aliphatic carboxylic acids is 1. The average Bonchev–Trinajstić information content (AvgIpc) is 3.70. The molecule has 0 aromatic carbocycles. The van der Waals surface area contributed by atoms with Crippen LogP contribution in [0.1, 0.15) is 26.7 Å². The molecule has 19 heteroatoms. The number of likely N-dealkylation sites (tertiary alicyclic amines) is 1. The number of sulfonamides is 1. The molecule has 17 nitrogen and oxygen atoms in total. The monoisotopic (exact) mass is 640 g/mol. The molecule has 4 aliphatic heterocycles. The molecule has 4 aliphatic rings. The average molecular weight is 641 g/mol. The number of thioether (sulfide) groups is 1. The third kappa shape index (κ3) is 6.40. The van der Waals surface area contributed by atoms with E-state index in [-0.39, 0.29) is 59.8 Å². The second kappa shape index (κ2) is 12.1. The van der Waals surface area contributed by atoms with Gasteiger partial charge in [-0.25, -0.2) is 22.6 Å². The minimum absolute atomic E-state index is 0.0526. The van der Waals surface area contributed by atoms with E-state index in [0.29, 0.717) is 30.8 Å². The number of carbonyl (C=O) groups is 4. The summed E-state index contributed by atoms with van der Waals surface area (Å²) in [5, 5.41) is 26.6. The first-order valence-corrected chi connectivity index (χ1v) is 16.7. The largest absolute Gasteiger partial charge is 0.477 e. The van der Waals surface area contributed by atoms with E-state index in [1.165, 1.54) is 27.7 Å². The molecule has 0 unspecified atom stereocenters. The molecule has 236 valence electrons. The first-order chi connectivity index (χ1) is 20.2. The molecule has 5 rings (SSSR count). The van der Waals surface area contributed by atoms with Crippen molar-refractivity contribution in [1.82, 2.24) is 45.4 Å². The van der Waals surface area contributed by atoms with Gasteiger partial charge in [-0.05, 0) is 30.2 Å². The predicted octanol–water partition coefficient (Wildman–Crippen LogP) is -3.11. The minimum Gasteiger partial charge on any atom is -0.477 e. The number of carbonyl (C=O) groups excluding carboxylic acids is 3. The van der Waals surface area contributed by atoms with Crippen LogP contribution in [-0.2, 0) is 35.7 Å². The van der Waals surface area contributed by atoms with E-state index in [1.54, 1.807) is 11.8 Å². The highest BCUT2D eigenvalue weighted by atomic mass is 32.2. The third-order valence-electron chi connectivity index (χ3n) is 8.41. The SMILES string of the molecule is C[C@@H](NC(=O)Cn1cnnn1)[C@H]1C(=O)N2C(C(=O)O)=C(S[C@@H]3CN[C@H](C(=O)N4C[C@@H](N)C[C@H]4CNS(C)(=O)=O)C3)[C@H](C)[C@H]12. The number of hydrogen-bond donors (Lipinski definition) is 5. The summed E-state index contributed by atoms with van der Waals surface area (Å²) in [4.78, 5) is 55.0. The fourth-order valence-electron chi connectivity index (χ4n) is 6.51. The van der Waals surface area contributed by atoms with Crippen LogP contribution in [0, 0.1) is 11.8 Å². The number of carboxylic acids is 1. The molecule has 0 radical (unpaired) electrons. The maximum atomic E-state index is 13.4. The van der Waals surface area contributed by atoms with Crippen LogP contribution in [0.4, 0.5) is 0 Å². The Hall–Kier alpha value is -3.13. The lowest BCUT2D eigenvalue weighted by Crippen LogP contribution is -2.66. The van der Waals surface area contributed by atoms with E-state index in [0.717, 1.165) is 6.26 Å². The highest BCUT2D eigenvalue weighted by Crippen LogP contribution is 2.51. The van der Waals surface area contributed by atoms with Gasteiger partial charge in [0.25, 0.3) is 0 Å². The van der Waals surface area contributed by atoms with Crippen LogP contribution < -0.4 is 21.1 Å². The summed E-state index contributed by atoms with van der Waals surface area (Å²) >= 11 is 1.36.